The molecule has 0 amide bonds. The summed E-state index contributed by atoms with van der Waals surface area (Å²) in [6.45, 7) is 6.04. The van der Waals surface area contributed by atoms with E-state index < -0.39 is 0 Å². The molecule has 3 nitrogen and oxygen atoms in total. The molecule has 1 atom stereocenters. The normalized spacial score (nSPS) is 18.8. The highest BCUT2D eigenvalue weighted by atomic mass is 16.5. The van der Waals surface area contributed by atoms with Crippen molar-refractivity contribution < 1.29 is 4.74 Å². The van der Waals surface area contributed by atoms with Gasteiger partial charge in [0.25, 0.3) is 0 Å². The molecule has 118 valence electrons. The zero-order valence-electron chi connectivity index (χ0n) is 13.6. The van der Waals surface area contributed by atoms with Crippen LogP contribution in [0.4, 0.5) is 0 Å². The summed E-state index contributed by atoms with van der Waals surface area (Å²) in [5.74, 6) is 0.925. The van der Waals surface area contributed by atoms with Crippen LogP contribution >= 0.6 is 0 Å². The first-order valence-corrected chi connectivity index (χ1v) is 8.30. The summed E-state index contributed by atoms with van der Waals surface area (Å²) in [7, 11) is 1.73. The minimum Gasteiger partial charge on any atom is -0.380 e. The molecule has 1 aliphatic rings. The number of benzene rings is 1. The van der Waals surface area contributed by atoms with Gasteiger partial charge in [0.2, 0.25) is 0 Å². The highest BCUT2D eigenvalue weighted by molar-refractivity contribution is 5.25. The maximum absolute atomic E-state index is 6.06. The summed E-state index contributed by atoms with van der Waals surface area (Å²) in [4.78, 5) is 2.57. The van der Waals surface area contributed by atoms with Gasteiger partial charge in [-0.3, -0.25) is 4.90 Å². The lowest BCUT2D eigenvalue weighted by atomic mass is 9.91. The lowest BCUT2D eigenvalue weighted by Gasteiger charge is -2.37. The standard InChI is InChI=1S/C18H30N2O/c1-3-4-15-9-11-20(12-10-15)18(13-19)17-7-5-16(6-8-17)14-21-2/h5-8,15,18H,3-4,9-14,19H2,1-2H3. The molecule has 0 spiro atoms. The van der Waals surface area contributed by atoms with Crippen molar-refractivity contribution in [3.05, 3.63) is 35.4 Å². The number of hydrogen-bond donors (Lipinski definition) is 1. The van der Waals surface area contributed by atoms with Gasteiger partial charge >= 0.3 is 0 Å². The topological polar surface area (TPSA) is 38.5 Å². The van der Waals surface area contributed by atoms with E-state index >= 15 is 0 Å². The molecule has 21 heavy (non-hydrogen) atoms. The number of methoxy groups -OCH3 is 1. The van der Waals surface area contributed by atoms with Gasteiger partial charge in [-0.2, -0.15) is 0 Å². The second kappa shape index (κ2) is 8.52. The Morgan fingerprint density at radius 1 is 1.24 bits per heavy atom. The van der Waals surface area contributed by atoms with Gasteiger partial charge in [-0.1, -0.05) is 44.0 Å². The molecule has 0 radical (unpaired) electrons. The van der Waals surface area contributed by atoms with Gasteiger partial charge in [-0.05, 0) is 43.0 Å². The number of nitrogens with two attached hydrogens (primary N) is 1. The summed E-state index contributed by atoms with van der Waals surface area (Å²) in [6.07, 6.45) is 5.34. The van der Waals surface area contributed by atoms with E-state index in [-0.39, 0.29) is 0 Å². The molecule has 1 aliphatic heterocycles. The molecule has 2 N–H and O–H groups in total. The number of piperidine rings is 1. The molecule has 3 heteroatoms. The summed E-state index contributed by atoms with van der Waals surface area (Å²) < 4.78 is 5.17. The van der Waals surface area contributed by atoms with E-state index in [1.165, 1.54) is 49.9 Å². The molecule has 1 fully saturated rings. The molecule has 2 rings (SSSR count). The second-order valence-corrected chi connectivity index (χ2v) is 6.19. The molecule has 1 unspecified atom stereocenters. The van der Waals surface area contributed by atoms with Crippen molar-refractivity contribution in [2.24, 2.45) is 11.7 Å². The number of ether oxygens (including phenoxy) is 1. The molecular weight excluding hydrogens is 260 g/mol. The van der Waals surface area contributed by atoms with Gasteiger partial charge in [0, 0.05) is 19.7 Å². The Hall–Kier alpha value is -0.900. The molecule has 1 aromatic rings. The maximum Gasteiger partial charge on any atom is 0.0713 e. The lowest BCUT2D eigenvalue weighted by molar-refractivity contribution is 0.131. The summed E-state index contributed by atoms with van der Waals surface area (Å²) in [6, 6.07) is 9.11. The Morgan fingerprint density at radius 3 is 2.43 bits per heavy atom. The Bertz CT molecular complexity index is 396. The summed E-state index contributed by atoms with van der Waals surface area (Å²) in [5.41, 5.74) is 8.62. The second-order valence-electron chi connectivity index (χ2n) is 6.19. The van der Waals surface area contributed by atoms with Crippen molar-refractivity contribution in [3.8, 4) is 0 Å². The van der Waals surface area contributed by atoms with Crippen LogP contribution in [0.1, 0.15) is 49.8 Å². The Morgan fingerprint density at radius 2 is 1.90 bits per heavy atom. The number of nitrogens with zero attached hydrogens (tertiary/aromatic N) is 1. The van der Waals surface area contributed by atoms with Crippen LogP contribution in [0.15, 0.2) is 24.3 Å². The van der Waals surface area contributed by atoms with Crippen molar-refractivity contribution in [2.75, 3.05) is 26.7 Å². The van der Waals surface area contributed by atoms with Crippen molar-refractivity contribution >= 4 is 0 Å². The molecule has 1 aromatic carbocycles. The Balaban J connectivity index is 1.96. The van der Waals surface area contributed by atoms with E-state index in [2.05, 4.69) is 36.1 Å². The fourth-order valence-electron chi connectivity index (χ4n) is 3.46. The minimum atomic E-state index is 0.365. The van der Waals surface area contributed by atoms with E-state index in [0.717, 1.165) is 5.92 Å². The number of hydrogen-bond acceptors (Lipinski definition) is 3. The van der Waals surface area contributed by atoms with Crippen LogP contribution in [0.3, 0.4) is 0 Å². The fourth-order valence-corrected chi connectivity index (χ4v) is 3.46. The molecule has 1 saturated heterocycles. The zero-order valence-corrected chi connectivity index (χ0v) is 13.6. The van der Waals surface area contributed by atoms with Crippen molar-refractivity contribution in [2.45, 2.75) is 45.3 Å². The predicted octanol–water partition coefficient (Wildman–Crippen LogP) is 3.34. The van der Waals surface area contributed by atoms with Gasteiger partial charge in [0.15, 0.2) is 0 Å². The number of likely N-dealkylation sites (tertiary alicyclic amines) is 1. The van der Waals surface area contributed by atoms with Crippen LogP contribution in [0.5, 0.6) is 0 Å². The van der Waals surface area contributed by atoms with Crippen molar-refractivity contribution in [1.29, 1.82) is 0 Å². The third kappa shape index (κ3) is 4.53. The summed E-state index contributed by atoms with van der Waals surface area (Å²) >= 11 is 0. The van der Waals surface area contributed by atoms with Gasteiger partial charge in [-0.25, -0.2) is 0 Å². The van der Waals surface area contributed by atoms with Crippen LogP contribution in [-0.2, 0) is 11.3 Å². The quantitative estimate of drug-likeness (QED) is 0.837. The first-order chi connectivity index (χ1) is 10.3. The van der Waals surface area contributed by atoms with E-state index in [0.29, 0.717) is 19.2 Å². The van der Waals surface area contributed by atoms with E-state index in [9.17, 15) is 0 Å². The average molecular weight is 290 g/mol. The Kier molecular flexibility index (Phi) is 6.68. The lowest BCUT2D eigenvalue weighted by Crippen LogP contribution is -2.39. The van der Waals surface area contributed by atoms with Gasteiger partial charge in [0.05, 0.1) is 6.61 Å². The van der Waals surface area contributed by atoms with Gasteiger partial charge < -0.3 is 10.5 Å². The smallest absolute Gasteiger partial charge is 0.0713 e. The molecule has 0 aliphatic carbocycles. The first kappa shape index (κ1) is 16.5. The zero-order chi connectivity index (χ0) is 15.1. The third-order valence-corrected chi connectivity index (χ3v) is 4.69. The van der Waals surface area contributed by atoms with Crippen LogP contribution < -0.4 is 5.73 Å². The van der Waals surface area contributed by atoms with Crippen LogP contribution in [0.25, 0.3) is 0 Å². The predicted molar refractivity (Wildman–Crippen MR) is 88.2 cm³/mol. The van der Waals surface area contributed by atoms with Crippen molar-refractivity contribution in [3.63, 3.8) is 0 Å². The van der Waals surface area contributed by atoms with Crippen LogP contribution in [-0.4, -0.2) is 31.6 Å². The molecule has 0 aromatic heterocycles. The SMILES string of the molecule is CCCC1CCN(C(CN)c2ccc(COC)cc2)CC1. The molecule has 0 saturated carbocycles. The van der Waals surface area contributed by atoms with Crippen molar-refractivity contribution in [1.82, 2.24) is 4.90 Å². The van der Waals surface area contributed by atoms with Gasteiger partial charge in [0.1, 0.15) is 0 Å². The molecule has 1 heterocycles. The average Bonchev–Trinajstić information content (AvgIpc) is 2.52. The highest BCUT2D eigenvalue weighted by Crippen LogP contribution is 2.28. The summed E-state index contributed by atoms with van der Waals surface area (Å²) in [5, 5.41) is 0. The monoisotopic (exact) mass is 290 g/mol. The van der Waals surface area contributed by atoms with Crippen LogP contribution in [0.2, 0.25) is 0 Å². The van der Waals surface area contributed by atoms with E-state index in [1.807, 2.05) is 0 Å². The fraction of sp³-hybridized carbons (Fsp3) is 0.667. The third-order valence-electron chi connectivity index (χ3n) is 4.69. The highest BCUT2D eigenvalue weighted by Gasteiger charge is 2.24. The minimum absolute atomic E-state index is 0.365. The first-order valence-electron chi connectivity index (χ1n) is 8.30. The molecular formula is C18H30N2O. The number of rotatable bonds is 7. The molecule has 0 bridgehead atoms. The largest absolute Gasteiger partial charge is 0.380 e. The maximum atomic E-state index is 6.06. The van der Waals surface area contributed by atoms with E-state index in [1.54, 1.807) is 7.11 Å². The Labute approximate surface area is 129 Å². The van der Waals surface area contributed by atoms with Crippen LogP contribution in [0, 0.1) is 5.92 Å². The van der Waals surface area contributed by atoms with E-state index in [4.69, 9.17) is 10.5 Å². The van der Waals surface area contributed by atoms with Gasteiger partial charge in [-0.15, -0.1) is 0 Å².